The summed E-state index contributed by atoms with van der Waals surface area (Å²) >= 11 is 0. The minimum Gasteiger partial charge on any atom is -1.00 e. The van der Waals surface area contributed by atoms with E-state index in [-0.39, 0.29) is 48.0 Å². The van der Waals surface area contributed by atoms with Crippen LogP contribution in [-0.4, -0.2) is 0 Å². The molecule has 4 aromatic rings. The number of hydrogen-bond donors (Lipinski definition) is 0. The SMILES string of the molecule is CCC[n+]1cccc2ccccc21.CCC[n+]1cccc2ccccc21.[I-].[I-]. The van der Waals surface area contributed by atoms with E-state index in [9.17, 15) is 0 Å². The number of aromatic nitrogens is 2. The topological polar surface area (TPSA) is 7.76 Å². The van der Waals surface area contributed by atoms with E-state index >= 15 is 0 Å². The van der Waals surface area contributed by atoms with Gasteiger partial charge in [-0.3, -0.25) is 0 Å². The van der Waals surface area contributed by atoms with Gasteiger partial charge in [-0.1, -0.05) is 38.1 Å². The summed E-state index contributed by atoms with van der Waals surface area (Å²) < 4.78 is 4.60. The third kappa shape index (κ3) is 6.37. The third-order valence-electron chi connectivity index (χ3n) is 4.50. The van der Waals surface area contributed by atoms with Crippen molar-refractivity contribution in [1.82, 2.24) is 0 Å². The Balaban J connectivity index is 0.000000261. The molecule has 0 aliphatic rings. The zero-order chi connectivity index (χ0) is 18.2. The second kappa shape index (κ2) is 13.0. The molecule has 0 aliphatic heterocycles. The van der Waals surface area contributed by atoms with Gasteiger partial charge in [-0.25, -0.2) is 0 Å². The summed E-state index contributed by atoms with van der Waals surface area (Å²) in [5.41, 5.74) is 2.65. The summed E-state index contributed by atoms with van der Waals surface area (Å²) in [5, 5.41) is 2.64. The van der Waals surface area contributed by atoms with Crippen LogP contribution in [0.15, 0.2) is 85.2 Å². The van der Waals surface area contributed by atoms with Crippen molar-refractivity contribution in [3.8, 4) is 0 Å². The fourth-order valence-electron chi connectivity index (χ4n) is 3.31. The van der Waals surface area contributed by atoms with E-state index in [1.54, 1.807) is 0 Å². The Morgan fingerprint density at radius 3 is 1.29 bits per heavy atom. The second-order valence-corrected chi connectivity index (χ2v) is 6.52. The highest BCUT2D eigenvalue weighted by Gasteiger charge is 2.05. The predicted octanol–water partition coefficient (Wildman–Crippen LogP) is -0.917. The molecule has 0 bridgehead atoms. The largest absolute Gasteiger partial charge is 1.00 e. The molecule has 2 heterocycles. The monoisotopic (exact) mass is 598 g/mol. The number of benzene rings is 2. The smallest absolute Gasteiger partial charge is 0.212 e. The molecule has 0 amide bonds. The lowest BCUT2D eigenvalue weighted by Gasteiger charge is -1.98. The average Bonchev–Trinajstić information content (AvgIpc) is 2.70. The molecule has 0 radical (unpaired) electrons. The summed E-state index contributed by atoms with van der Waals surface area (Å²) in [4.78, 5) is 0. The Labute approximate surface area is 202 Å². The van der Waals surface area contributed by atoms with Crippen LogP contribution in [0, 0.1) is 0 Å². The molecule has 0 aliphatic carbocycles. The number of hydrogen-bond acceptors (Lipinski definition) is 0. The molecule has 0 unspecified atom stereocenters. The Hall–Kier alpha value is -1.28. The van der Waals surface area contributed by atoms with Gasteiger partial charge < -0.3 is 48.0 Å². The number of nitrogens with zero attached hydrogens (tertiary/aromatic N) is 2. The van der Waals surface area contributed by atoms with Crippen LogP contribution in [0.5, 0.6) is 0 Å². The highest BCUT2D eigenvalue weighted by molar-refractivity contribution is 5.75. The van der Waals surface area contributed by atoms with Crippen LogP contribution >= 0.6 is 0 Å². The summed E-state index contributed by atoms with van der Waals surface area (Å²) in [6.45, 7) is 6.60. The van der Waals surface area contributed by atoms with Gasteiger partial charge in [0.15, 0.2) is 12.4 Å². The third-order valence-corrected chi connectivity index (χ3v) is 4.50. The first kappa shape index (κ1) is 24.8. The molecule has 28 heavy (non-hydrogen) atoms. The maximum absolute atomic E-state index is 2.30. The van der Waals surface area contributed by atoms with Gasteiger partial charge in [-0.2, -0.15) is 9.13 Å². The van der Waals surface area contributed by atoms with Gasteiger partial charge in [-0.05, 0) is 24.3 Å². The van der Waals surface area contributed by atoms with Crippen LogP contribution in [0.3, 0.4) is 0 Å². The minimum atomic E-state index is 0. The van der Waals surface area contributed by atoms with Crippen molar-refractivity contribution in [2.75, 3.05) is 0 Å². The van der Waals surface area contributed by atoms with E-state index < -0.39 is 0 Å². The Morgan fingerprint density at radius 2 is 0.893 bits per heavy atom. The van der Waals surface area contributed by atoms with E-state index in [4.69, 9.17) is 0 Å². The lowest BCUT2D eigenvalue weighted by Crippen LogP contribution is -3.00. The molecule has 0 spiro atoms. The fraction of sp³-hybridized carbons (Fsp3) is 0.250. The molecule has 4 heteroatoms. The van der Waals surface area contributed by atoms with Crippen LogP contribution < -0.4 is 57.1 Å². The van der Waals surface area contributed by atoms with E-state index in [2.05, 4.69) is 108 Å². The van der Waals surface area contributed by atoms with Crippen molar-refractivity contribution in [2.24, 2.45) is 0 Å². The first-order valence-electron chi connectivity index (χ1n) is 9.58. The Bertz CT molecular complexity index is 894. The van der Waals surface area contributed by atoms with Gasteiger partial charge in [0, 0.05) is 47.9 Å². The predicted molar refractivity (Wildman–Crippen MR) is 109 cm³/mol. The average molecular weight is 598 g/mol. The molecular formula is C24H28I2N2. The minimum absolute atomic E-state index is 0. The Kier molecular flexibility index (Phi) is 11.5. The number of aryl methyl sites for hydroxylation is 2. The van der Waals surface area contributed by atoms with Crippen molar-refractivity contribution in [3.63, 3.8) is 0 Å². The van der Waals surface area contributed by atoms with Gasteiger partial charge in [0.2, 0.25) is 11.0 Å². The van der Waals surface area contributed by atoms with Crippen LogP contribution in [0.1, 0.15) is 26.7 Å². The molecular weight excluding hydrogens is 570 g/mol. The van der Waals surface area contributed by atoms with Crippen LogP contribution in [-0.2, 0) is 13.1 Å². The van der Waals surface area contributed by atoms with Crippen molar-refractivity contribution < 1.29 is 57.1 Å². The highest BCUT2D eigenvalue weighted by Crippen LogP contribution is 2.08. The molecule has 0 saturated carbocycles. The van der Waals surface area contributed by atoms with Crippen LogP contribution in [0.4, 0.5) is 0 Å². The summed E-state index contributed by atoms with van der Waals surface area (Å²) in [5.74, 6) is 0. The molecule has 2 aromatic carbocycles. The van der Waals surface area contributed by atoms with Gasteiger partial charge in [0.05, 0.1) is 0 Å². The van der Waals surface area contributed by atoms with Gasteiger partial charge >= 0.3 is 0 Å². The van der Waals surface area contributed by atoms with E-state index in [0.29, 0.717) is 0 Å². The summed E-state index contributed by atoms with van der Waals surface area (Å²) in [7, 11) is 0. The van der Waals surface area contributed by atoms with Crippen LogP contribution in [0.2, 0.25) is 0 Å². The number of fused-ring (bicyclic) bond motifs is 2. The molecule has 148 valence electrons. The van der Waals surface area contributed by atoms with Crippen LogP contribution in [0.25, 0.3) is 21.8 Å². The lowest BCUT2D eigenvalue weighted by molar-refractivity contribution is -0.671. The number of halogens is 2. The zero-order valence-electron chi connectivity index (χ0n) is 16.6. The highest BCUT2D eigenvalue weighted by atomic mass is 127. The summed E-state index contributed by atoms with van der Waals surface area (Å²) in [6.07, 6.45) is 6.65. The van der Waals surface area contributed by atoms with Gasteiger partial charge in [-0.15, -0.1) is 0 Å². The molecule has 0 N–H and O–H groups in total. The first-order valence-corrected chi connectivity index (χ1v) is 9.58. The fourth-order valence-corrected chi connectivity index (χ4v) is 3.31. The molecule has 0 atom stereocenters. The molecule has 2 aromatic heterocycles. The second-order valence-electron chi connectivity index (χ2n) is 6.52. The standard InChI is InChI=1S/2C12H14N.2HI/c2*1-2-9-13-10-5-7-11-6-3-4-8-12(11)13;;/h2*3-8,10H,2,9H2,1H3;2*1H/q2*+1;;/p-2. The molecule has 0 saturated heterocycles. The first-order chi connectivity index (χ1) is 12.8. The van der Waals surface area contributed by atoms with Crippen molar-refractivity contribution in [3.05, 3.63) is 85.2 Å². The molecule has 4 rings (SSSR count). The summed E-state index contributed by atoms with van der Waals surface area (Å²) in [6, 6.07) is 25.5. The van der Waals surface area contributed by atoms with Crippen molar-refractivity contribution in [2.45, 2.75) is 39.8 Å². The maximum atomic E-state index is 2.30. The van der Waals surface area contributed by atoms with Crippen molar-refractivity contribution in [1.29, 1.82) is 0 Å². The molecule has 0 fully saturated rings. The number of para-hydroxylation sites is 2. The lowest BCUT2D eigenvalue weighted by atomic mass is 10.2. The molecule has 2 nitrogen and oxygen atoms in total. The van der Waals surface area contributed by atoms with Crippen molar-refractivity contribution >= 4 is 21.8 Å². The normalized spacial score (nSPS) is 9.79. The van der Waals surface area contributed by atoms with E-state index in [1.165, 1.54) is 34.6 Å². The van der Waals surface area contributed by atoms with Gasteiger partial charge in [0.1, 0.15) is 13.1 Å². The quantitative estimate of drug-likeness (QED) is 0.213. The van der Waals surface area contributed by atoms with E-state index in [0.717, 1.165) is 13.1 Å². The Morgan fingerprint density at radius 1 is 0.536 bits per heavy atom. The number of rotatable bonds is 4. The maximum Gasteiger partial charge on any atom is 0.212 e. The zero-order valence-corrected chi connectivity index (χ0v) is 20.9. The van der Waals surface area contributed by atoms with Gasteiger partial charge in [0.25, 0.3) is 0 Å². The number of pyridine rings is 2. The van der Waals surface area contributed by atoms with E-state index in [1.807, 2.05) is 0 Å².